The molecule has 3 rings (SSSR count). The first-order chi connectivity index (χ1) is 14.7. The van der Waals surface area contributed by atoms with Crippen molar-refractivity contribution >= 4 is 17.6 Å². The molecule has 156 valence electrons. The number of benzene rings is 2. The van der Waals surface area contributed by atoms with Crippen LogP contribution in [0, 0.1) is 0 Å². The van der Waals surface area contributed by atoms with Crippen molar-refractivity contribution in [2.45, 2.75) is 19.3 Å². The number of ether oxygens (including phenoxy) is 1. The quantitative estimate of drug-likeness (QED) is 0.505. The molecule has 3 aromatic rings. The summed E-state index contributed by atoms with van der Waals surface area (Å²) in [4.78, 5) is 24.2. The van der Waals surface area contributed by atoms with E-state index in [1.54, 1.807) is 11.8 Å². The summed E-state index contributed by atoms with van der Waals surface area (Å²) in [5.41, 5.74) is 2.59. The predicted molar refractivity (Wildman–Crippen MR) is 116 cm³/mol. The number of nitrogens with zero attached hydrogens (tertiary/aromatic N) is 2. The van der Waals surface area contributed by atoms with Gasteiger partial charge in [0, 0.05) is 38.1 Å². The van der Waals surface area contributed by atoms with Crippen LogP contribution < -0.4 is 10.6 Å². The Hall–Kier alpha value is -3.45. The van der Waals surface area contributed by atoms with E-state index in [-0.39, 0.29) is 18.2 Å². The number of anilines is 1. The molecule has 0 atom stereocenters. The maximum absolute atomic E-state index is 12.5. The van der Waals surface area contributed by atoms with Gasteiger partial charge in [-0.2, -0.15) is 5.10 Å². The van der Waals surface area contributed by atoms with Crippen molar-refractivity contribution in [3.05, 3.63) is 66.7 Å². The minimum Gasteiger partial charge on any atom is -0.383 e. The van der Waals surface area contributed by atoms with Crippen LogP contribution in [0.5, 0.6) is 0 Å². The Morgan fingerprint density at radius 3 is 2.33 bits per heavy atom. The number of aromatic nitrogens is 2. The zero-order valence-corrected chi connectivity index (χ0v) is 17.0. The maximum Gasteiger partial charge on any atom is 0.225 e. The zero-order chi connectivity index (χ0) is 21.2. The van der Waals surface area contributed by atoms with E-state index in [9.17, 15) is 9.59 Å². The van der Waals surface area contributed by atoms with Gasteiger partial charge in [-0.1, -0.05) is 48.5 Å². The van der Waals surface area contributed by atoms with Gasteiger partial charge in [0.25, 0.3) is 0 Å². The van der Waals surface area contributed by atoms with Gasteiger partial charge in [-0.3, -0.25) is 9.59 Å². The lowest BCUT2D eigenvalue weighted by Crippen LogP contribution is -2.27. The molecule has 2 N–H and O–H groups in total. The lowest BCUT2D eigenvalue weighted by Gasteiger charge is -2.09. The number of hydrogen-bond acceptors (Lipinski definition) is 4. The molecule has 0 unspecified atom stereocenters. The molecule has 0 radical (unpaired) electrons. The SMILES string of the molecule is COCCNC(=O)CCCC(=O)Nc1cc(-c2ccccc2)nn1-c1ccccc1. The Morgan fingerprint density at radius 1 is 0.967 bits per heavy atom. The second kappa shape index (κ2) is 10.9. The highest BCUT2D eigenvalue weighted by atomic mass is 16.5. The molecule has 2 aromatic carbocycles. The fourth-order valence-electron chi connectivity index (χ4n) is 2.98. The van der Waals surface area contributed by atoms with Gasteiger partial charge >= 0.3 is 0 Å². The third-order valence-electron chi connectivity index (χ3n) is 4.48. The number of rotatable bonds is 10. The second-order valence-corrected chi connectivity index (χ2v) is 6.77. The van der Waals surface area contributed by atoms with Crippen molar-refractivity contribution < 1.29 is 14.3 Å². The summed E-state index contributed by atoms with van der Waals surface area (Å²) < 4.78 is 6.62. The molecule has 0 saturated heterocycles. The van der Waals surface area contributed by atoms with E-state index in [1.807, 2.05) is 66.7 Å². The lowest BCUT2D eigenvalue weighted by atomic mass is 10.1. The standard InChI is InChI=1S/C23H26N4O3/c1-30-16-15-24-22(28)13-8-14-23(29)25-21-17-20(18-9-4-2-5-10-18)26-27(21)19-11-6-3-7-12-19/h2-7,9-12,17H,8,13-16H2,1H3,(H,24,28)(H,25,29). The smallest absolute Gasteiger partial charge is 0.225 e. The van der Waals surface area contributed by atoms with E-state index in [2.05, 4.69) is 15.7 Å². The van der Waals surface area contributed by atoms with Crippen molar-refractivity contribution in [3.63, 3.8) is 0 Å². The molecule has 0 saturated carbocycles. The van der Waals surface area contributed by atoms with Gasteiger partial charge in [0.1, 0.15) is 5.82 Å². The molecule has 0 aliphatic rings. The molecule has 0 fully saturated rings. The Labute approximate surface area is 176 Å². The largest absolute Gasteiger partial charge is 0.383 e. The van der Waals surface area contributed by atoms with Crippen LogP contribution in [0.2, 0.25) is 0 Å². The van der Waals surface area contributed by atoms with Gasteiger partial charge in [-0.25, -0.2) is 4.68 Å². The molecule has 1 aromatic heterocycles. The summed E-state index contributed by atoms with van der Waals surface area (Å²) in [5, 5.41) is 10.4. The van der Waals surface area contributed by atoms with Crippen molar-refractivity contribution in [2.75, 3.05) is 25.6 Å². The minimum absolute atomic E-state index is 0.0828. The first-order valence-corrected chi connectivity index (χ1v) is 9.94. The van der Waals surface area contributed by atoms with Crippen LogP contribution in [0.3, 0.4) is 0 Å². The van der Waals surface area contributed by atoms with Crippen LogP contribution in [0.1, 0.15) is 19.3 Å². The Balaban J connectivity index is 1.66. The average molecular weight is 406 g/mol. The van der Waals surface area contributed by atoms with Gasteiger partial charge in [-0.05, 0) is 18.6 Å². The van der Waals surface area contributed by atoms with Crippen LogP contribution >= 0.6 is 0 Å². The van der Waals surface area contributed by atoms with Gasteiger partial charge in [0.05, 0.1) is 18.0 Å². The van der Waals surface area contributed by atoms with Gasteiger partial charge in [-0.15, -0.1) is 0 Å². The number of amides is 2. The predicted octanol–water partition coefficient (Wildman–Crippen LogP) is 3.41. The fraction of sp³-hybridized carbons (Fsp3) is 0.261. The van der Waals surface area contributed by atoms with E-state index >= 15 is 0 Å². The molecule has 0 aliphatic heterocycles. The number of methoxy groups -OCH3 is 1. The third kappa shape index (κ3) is 6.02. The third-order valence-corrected chi connectivity index (χ3v) is 4.48. The van der Waals surface area contributed by atoms with Crippen LogP contribution in [-0.2, 0) is 14.3 Å². The zero-order valence-electron chi connectivity index (χ0n) is 17.0. The number of hydrogen-bond donors (Lipinski definition) is 2. The number of carbonyl (C=O) groups is 2. The molecular formula is C23H26N4O3. The van der Waals surface area contributed by atoms with Crippen molar-refractivity contribution in [1.29, 1.82) is 0 Å². The first kappa shape index (κ1) is 21.3. The number of carbonyl (C=O) groups excluding carboxylic acids is 2. The minimum atomic E-state index is -0.156. The van der Waals surface area contributed by atoms with Crippen molar-refractivity contribution in [2.24, 2.45) is 0 Å². The van der Waals surface area contributed by atoms with Crippen LogP contribution in [0.15, 0.2) is 66.7 Å². The van der Waals surface area contributed by atoms with Gasteiger partial charge in [0.2, 0.25) is 11.8 Å². The summed E-state index contributed by atoms with van der Waals surface area (Å²) in [6.45, 7) is 0.944. The fourth-order valence-corrected chi connectivity index (χ4v) is 2.98. The number of nitrogens with one attached hydrogen (secondary N) is 2. The van der Waals surface area contributed by atoms with Gasteiger partial charge < -0.3 is 15.4 Å². The Bertz CT molecular complexity index is 955. The molecule has 0 aliphatic carbocycles. The highest BCUT2D eigenvalue weighted by Crippen LogP contribution is 2.24. The molecule has 7 nitrogen and oxygen atoms in total. The Morgan fingerprint density at radius 2 is 1.63 bits per heavy atom. The molecule has 0 bridgehead atoms. The molecule has 0 spiro atoms. The Kier molecular flexibility index (Phi) is 7.74. The highest BCUT2D eigenvalue weighted by molar-refractivity contribution is 5.91. The van der Waals surface area contributed by atoms with E-state index in [4.69, 9.17) is 4.74 Å². The van der Waals surface area contributed by atoms with E-state index in [0.29, 0.717) is 31.8 Å². The molecule has 1 heterocycles. The molecular weight excluding hydrogens is 380 g/mol. The first-order valence-electron chi connectivity index (χ1n) is 9.94. The summed E-state index contributed by atoms with van der Waals surface area (Å²) >= 11 is 0. The summed E-state index contributed by atoms with van der Waals surface area (Å²) in [5.74, 6) is 0.353. The monoisotopic (exact) mass is 406 g/mol. The topological polar surface area (TPSA) is 85.2 Å². The van der Waals surface area contributed by atoms with Crippen LogP contribution in [0.25, 0.3) is 16.9 Å². The van der Waals surface area contributed by atoms with E-state index in [0.717, 1.165) is 16.9 Å². The lowest BCUT2D eigenvalue weighted by molar-refractivity contribution is -0.121. The van der Waals surface area contributed by atoms with E-state index < -0.39 is 0 Å². The summed E-state index contributed by atoms with van der Waals surface area (Å²) in [7, 11) is 1.58. The van der Waals surface area contributed by atoms with Crippen molar-refractivity contribution in [1.82, 2.24) is 15.1 Å². The molecule has 2 amide bonds. The summed E-state index contributed by atoms with van der Waals surface area (Å²) in [6, 6.07) is 21.3. The molecule has 7 heteroatoms. The normalized spacial score (nSPS) is 10.6. The van der Waals surface area contributed by atoms with Gasteiger partial charge in [0.15, 0.2) is 0 Å². The van der Waals surface area contributed by atoms with Crippen LogP contribution in [0.4, 0.5) is 5.82 Å². The molecule has 30 heavy (non-hydrogen) atoms. The summed E-state index contributed by atoms with van der Waals surface area (Å²) in [6.07, 6.45) is 1.01. The average Bonchev–Trinajstić information content (AvgIpc) is 3.19. The second-order valence-electron chi connectivity index (χ2n) is 6.77. The number of para-hydroxylation sites is 1. The van der Waals surface area contributed by atoms with E-state index in [1.165, 1.54) is 0 Å². The highest BCUT2D eigenvalue weighted by Gasteiger charge is 2.14. The van der Waals surface area contributed by atoms with Crippen molar-refractivity contribution in [3.8, 4) is 16.9 Å². The van der Waals surface area contributed by atoms with Crippen LogP contribution in [-0.4, -0.2) is 41.9 Å². The maximum atomic E-state index is 12.5.